The Bertz CT molecular complexity index is 871. The Morgan fingerprint density at radius 2 is 1.64 bits per heavy atom. The van der Waals surface area contributed by atoms with E-state index in [9.17, 15) is 14.4 Å². The lowest BCUT2D eigenvalue weighted by atomic mass is 10.2. The molecule has 0 spiro atoms. The molecule has 2 atom stereocenters. The SMILES string of the molecule is COc1ccccc1NC(=O)[C@@H](C)OC(=O)[C@H](C)NC(=O)c1ccccc1Cl. The van der Waals surface area contributed by atoms with Gasteiger partial charge >= 0.3 is 5.97 Å². The van der Waals surface area contributed by atoms with Crippen molar-refractivity contribution >= 4 is 35.1 Å². The number of esters is 1. The third-order valence-corrected chi connectivity index (χ3v) is 4.18. The van der Waals surface area contributed by atoms with Crippen molar-refractivity contribution in [3.63, 3.8) is 0 Å². The van der Waals surface area contributed by atoms with Crippen LogP contribution >= 0.6 is 11.6 Å². The van der Waals surface area contributed by atoms with Crippen LogP contribution in [0.1, 0.15) is 24.2 Å². The van der Waals surface area contributed by atoms with Gasteiger partial charge in [0, 0.05) is 0 Å². The van der Waals surface area contributed by atoms with Gasteiger partial charge in [-0.25, -0.2) is 4.79 Å². The van der Waals surface area contributed by atoms with Crippen molar-refractivity contribution in [2.24, 2.45) is 0 Å². The van der Waals surface area contributed by atoms with Crippen LogP contribution in [0, 0.1) is 0 Å². The van der Waals surface area contributed by atoms with E-state index < -0.39 is 29.9 Å². The van der Waals surface area contributed by atoms with E-state index in [0.717, 1.165) is 0 Å². The molecule has 0 saturated carbocycles. The molecule has 148 valence electrons. The van der Waals surface area contributed by atoms with Crippen LogP contribution in [-0.2, 0) is 14.3 Å². The number of rotatable bonds is 7. The summed E-state index contributed by atoms with van der Waals surface area (Å²) in [5, 5.41) is 5.40. The minimum atomic E-state index is -1.07. The topological polar surface area (TPSA) is 93.7 Å². The second kappa shape index (κ2) is 9.75. The second-order valence-electron chi connectivity index (χ2n) is 5.94. The summed E-state index contributed by atoms with van der Waals surface area (Å²) in [4.78, 5) is 36.7. The number of benzene rings is 2. The summed E-state index contributed by atoms with van der Waals surface area (Å²) in [6, 6.07) is 12.4. The predicted molar refractivity (Wildman–Crippen MR) is 106 cm³/mol. The molecule has 2 rings (SSSR count). The lowest BCUT2D eigenvalue weighted by Crippen LogP contribution is -2.42. The highest BCUT2D eigenvalue weighted by atomic mass is 35.5. The third-order valence-electron chi connectivity index (χ3n) is 3.85. The molecule has 0 saturated heterocycles. The zero-order valence-corrected chi connectivity index (χ0v) is 16.4. The predicted octanol–water partition coefficient (Wildman–Crippen LogP) is 3.04. The van der Waals surface area contributed by atoms with E-state index in [-0.39, 0.29) is 10.6 Å². The first-order valence-corrected chi connectivity index (χ1v) is 8.91. The molecule has 8 heteroatoms. The van der Waals surface area contributed by atoms with Crippen LogP contribution in [0.3, 0.4) is 0 Å². The molecule has 0 aromatic heterocycles. The second-order valence-corrected chi connectivity index (χ2v) is 6.35. The van der Waals surface area contributed by atoms with Crippen molar-refractivity contribution in [2.45, 2.75) is 26.0 Å². The highest BCUT2D eigenvalue weighted by molar-refractivity contribution is 6.33. The number of para-hydroxylation sites is 2. The number of ether oxygens (including phenoxy) is 2. The quantitative estimate of drug-likeness (QED) is 0.692. The van der Waals surface area contributed by atoms with Crippen molar-refractivity contribution in [3.05, 3.63) is 59.1 Å². The van der Waals surface area contributed by atoms with E-state index in [0.29, 0.717) is 11.4 Å². The minimum absolute atomic E-state index is 0.241. The molecule has 0 aliphatic rings. The van der Waals surface area contributed by atoms with Crippen molar-refractivity contribution in [1.82, 2.24) is 5.32 Å². The summed E-state index contributed by atoms with van der Waals surface area (Å²) >= 11 is 5.97. The van der Waals surface area contributed by atoms with Crippen LogP contribution in [0.5, 0.6) is 5.75 Å². The largest absolute Gasteiger partial charge is 0.495 e. The Balaban J connectivity index is 1.92. The van der Waals surface area contributed by atoms with E-state index in [2.05, 4.69) is 10.6 Å². The molecule has 7 nitrogen and oxygen atoms in total. The maximum absolute atomic E-state index is 12.3. The fourth-order valence-corrected chi connectivity index (χ4v) is 2.51. The number of carbonyl (C=O) groups is 3. The van der Waals surface area contributed by atoms with E-state index >= 15 is 0 Å². The maximum Gasteiger partial charge on any atom is 0.329 e. The van der Waals surface area contributed by atoms with Crippen LogP contribution in [0.15, 0.2) is 48.5 Å². The third kappa shape index (κ3) is 5.47. The summed E-state index contributed by atoms with van der Waals surface area (Å²) in [6.45, 7) is 2.90. The van der Waals surface area contributed by atoms with Crippen LogP contribution in [0.4, 0.5) is 5.69 Å². The molecule has 28 heavy (non-hydrogen) atoms. The van der Waals surface area contributed by atoms with Crippen LogP contribution in [0.2, 0.25) is 5.02 Å². The molecule has 0 bridgehead atoms. The van der Waals surface area contributed by atoms with Crippen LogP contribution in [-0.4, -0.2) is 37.0 Å². The molecule has 0 fully saturated rings. The highest BCUT2D eigenvalue weighted by Gasteiger charge is 2.24. The number of anilines is 1. The van der Waals surface area contributed by atoms with Gasteiger partial charge < -0.3 is 20.1 Å². The first-order valence-electron chi connectivity index (χ1n) is 8.53. The molecular weight excluding hydrogens is 384 g/mol. The average molecular weight is 405 g/mol. The summed E-state index contributed by atoms with van der Waals surface area (Å²) in [5.74, 6) is -1.30. The molecule has 0 unspecified atom stereocenters. The Kier molecular flexibility index (Phi) is 7.40. The molecule has 0 aliphatic carbocycles. The standard InChI is InChI=1S/C20H21ClN2O5/c1-12(22-19(25)14-8-4-5-9-15(14)21)20(26)28-13(2)18(24)23-16-10-6-7-11-17(16)27-3/h4-13H,1-3H3,(H,22,25)(H,23,24)/t12-,13+/m0/s1. The van der Waals surface area contributed by atoms with Gasteiger partial charge in [0.15, 0.2) is 6.10 Å². The lowest BCUT2D eigenvalue weighted by molar-refractivity contribution is -0.154. The van der Waals surface area contributed by atoms with Gasteiger partial charge in [0.2, 0.25) is 0 Å². The van der Waals surface area contributed by atoms with Gasteiger partial charge in [-0.1, -0.05) is 35.9 Å². The van der Waals surface area contributed by atoms with Crippen molar-refractivity contribution < 1.29 is 23.9 Å². The number of nitrogens with one attached hydrogen (secondary N) is 2. The zero-order valence-electron chi connectivity index (χ0n) is 15.7. The maximum atomic E-state index is 12.3. The fourth-order valence-electron chi connectivity index (χ4n) is 2.29. The van der Waals surface area contributed by atoms with Gasteiger partial charge in [-0.2, -0.15) is 0 Å². The van der Waals surface area contributed by atoms with Crippen molar-refractivity contribution in [1.29, 1.82) is 0 Å². The number of methoxy groups -OCH3 is 1. The number of halogens is 1. The molecule has 0 heterocycles. The van der Waals surface area contributed by atoms with Gasteiger partial charge in [0.1, 0.15) is 11.8 Å². The van der Waals surface area contributed by atoms with Crippen LogP contribution < -0.4 is 15.4 Å². The van der Waals surface area contributed by atoms with Gasteiger partial charge in [-0.05, 0) is 38.1 Å². The van der Waals surface area contributed by atoms with Crippen molar-refractivity contribution in [2.75, 3.05) is 12.4 Å². The Morgan fingerprint density at radius 3 is 2.32 bits per heavy atom. The first-order chi connectivity index (χ1) is 13.3. The molecule has 2 N–H and O–H groups in total. The molecule has 2 aromatic rings. The Labute approximate surface area is 168 Å². The number of amides is 2. The Hall–Kier alpha value is -3.06. The molecule has 0 aliphatic heterocycles. The van der Waals surface area contributed by atoms with Gasteiger partial charge in [0.25, 0.3) is 11.8 Å². The van der Waals surface area contributed by atoms with E-state index in [1.54, 1.807) is 48.5 Å². The Morgan fingerprint density at radius 1 is 1.00 bits per heavy atom. The summed E-state index contributed by atoms with van der Waals surface area (Å²) in [7, 11) is 1.48. The normalized spacial score (nSPS) is 12.4. The lowest BCUT2D eigenvalue weighted by Gasteiger charge is -2.18. The van der Waals surface area contributed by atoms with E-state index in [4.69, 9.17) is 21.1 Å². The highest BCUT2D eigenvalue weighted by Crippen LogP contribution is 2.23. The van der Waals surface area contributed by atoms with E-state index in [1.807, 2.05) is 0 Å². The smallest absolute Gasteiger partial charge is 0.329 e. The summed E-state index contributed by atoms with van der Waals surface area (Å²) < 4.78 is 10.3. The van der Waals surface area contributed by atoms with Crippen molar-refractivity contribution in [3.8, 4) is 5.75 Å². The summed E-state index contributed by atoms with van der Waals surface area (Å²) in [6.07, 6.45) is -1.07. The zero-order chi connectivity index (χ0) is 20.7. The van der Waals surface area contributed by atoms with Gasteiger partial charge in [-0.3, -0.25) is 9.59 Å². The van der Waals surface area contributed by atoms with E-state index in [1.165, 1.54) is 21.0 Å². The number of carbonyl (C=O) groups excluding carboxylic acids is 3. The number of hydrogen-bond donors (Lipinski definition) is 2. The first kappa shape index (κ1) is 21.2. The summed E-state index contributed by atoms with van der Waals surface area (Å²) in [5.41, 5.74) is 0.698. The van der Waals surface area contributed by atoms with Gasteiger partial charge in [-0.15, -0.1) is 0 Å². The molecule has 2 amide bonds. The monoisotopic (exact) mass is 404 g/mol. The molecule has 2 aromatic carbocycles. The minimum Gasteiger partial charge on any atom is -0.495 e. The average Bonchev–Trinajstić information content (AvgIpc) is 2.68. The number of hydrogen-bond acceptors (Lipinski definition) is 5. The molecular formula is C20H21ClN2O5. The van der Waals surface area contributed by atoms with Gasteiger partial charge in [0.05, 0.1) is 23.4 Å². The van der Waals surface area contributed by atoms with Crippen LogP contribution in [0.25, 0.3) is 0 Å². The molecule has 0 radical (unpaired) electrons. The fraction of sp³-hybridized carbons (Fsp3) is 0.250.